The van der Waals surface area contributed by atoms with Crippen molar-refractivity contribution in [2.45, 2.75) is 49.8 Å². The molecule has 2 atom stereocenters. The van der Waals surface area contributed by atoms with E-state index in [1.165, 1.54) is 11.8 Å². The van der Waals surface area contributed by atoms with Gasteiger partial charge in [0, 0.05) is 5.69 Å². The molecule has 1 aliphatic rings. The Bertz CT molecular complexity index is 558. The van der Waals surface area contributed by atoms with Gasteiger partial charge in [0.15, 0.2) is 0 Å². The maximum absolute atomic E-state index is 12.4. The van der Waals surface area contributed by atoms with Crippen LogP contribution in [0.1, 0.15) is 41.7 Å². The van der Waals surface area contributed by atoms with Crippen molar-refractivity contribution in [1.82, 2.24) is 15.3 Å². The first-order valence-electron chi connectivity index (χ1n) is 6.66. The first-order chi connectivity index (χ1) is 9.52. The maximum atomic E-state index is 12.4. The summed E-state index contributed by atoms with van der Waals surface area (Å²) < 4.78 is 0. The van der Waals surface area contributed by atoms with E-state index >= 15 is 0 Å². The summed E-state index contributed by atoms with van der Waals surface area (Å²) in [6, 6.07) is -0.225. The third-order valence-corrected chi connectivity index (χ3v) is 4.23. The molecule has 1 saturated carbocycles. The zero-order valence-electron chi connectivity index (χ0n) is 11.6. The summed E-state index contributed by atoms with van der Waals surface area (Å²) in [6.07, 6.45) is 4.75. The molecular weight excluding hydrogens is 278 g/mol. The molecule has 1 aromatic heterocycles. The molecule has 0 aromatic carbocycles. The minimum absolute atomic E-state index is 0.225. The second kappa shape index (κ2) is 6.41. The van der Waals surface area contributed by atoms with Crippen LogP contribution in [-0.2, 0) is 0 Å². The van der Waals surface area contributed by atoms with E-state index in [4.69, 9.17) is 0 Å². The number of hydrogen-bond donors (Lipinski definition) is 3. The van der Waals surface area contributed by atoms with Gasteiger partial charge in [-0.1, -0.05) is 12.8 Å². The van der Waals surface area contributed by atoms with Gasteiger partial charge in [0.25, 0.3) is 5.91 Å². The van der Waals surface area contributed by atoms with Crippen LogP contribution in [-0.4, -0.2) is 39.4 Å². The van der Waals surface area contributed by atoms with Gasteiger partial charge >= 0.3 is 5.69 Å². The minimum atomic E-state index is -0.499. The molecule has 0 saturated heterocycles. The largest absolute Gasteiger partial charge is 0.391 e. The fourth-order valence-electron chi connectivity index (χ4n) is 2.49. The molecule has 6 nitrogen and oxygen atoms in total. The normalized spacial score (nSPS) is 22.6. The van der Waals surface area contributed by atoms with E-state index in [1.54, 1.807) is 13.2 Å². The Kier molecular flexibility index (Phi) is 4.82. The maximum Gasteiger partial charge on any atom is 0.346 e. The number of carbonyl (C=O) groups excluding carboxylic acids is 1. The molecule has 0 spiro atoms. The monoisotopic (exact) mass is 297 g/mol. The number of amides is 1. The summed E-state index contributed by atoms with van der Waals surface area (Å²) >= 11 is 1.26. The van der Waals surface area contributed by atoms with Gasteiger partial charge in [-0.2, -0.15) is 4.98 Å². The zero-order valence-corrected chi connectivity index (χ0v) is 12.4. The summed E-state index contributed by atoms with van der Waals surface area (Å²) in [6.45, 7) is 1.68. The van der Waals surface area contributed by atoms with Crippen LogP contribution in [0.15, 0.2) is 9.82 Å². The zero-order chi connectivity index (χ0) is 14.7. The minimum Gasteiger partial charge on any atom is -0.391 e. The van der Waals surface area contributed by atoms with E-state index in [1.807, 2.05) is 0 Å². The average Bonchev–Trinajstić information content (AvgIpc) is 2.40. The number of aromatic nitrogens is 2. The highest BCUT2D eigenvalue weighted by Gasteiger charge is 2.26. The number of hydrogen-bond acceptors (Lipinski definition) is 5. The number of H-pyrrole nitrogens is 1. The van der Waals surface area contributed by atoms with Crippen LogP contribution in [0, 0.1) is 6.92 Å². The lowest BCUT2D eigenvalue weighted by Gasteiger charge is -2.28. The van der Waals surface area contributed by atoms with Crippen LogP contribution in [0.3, 0.4) is 0 Å². The van der Waals surface area contributed by atoms with Gasteiger partial charge in [-0.3, -0.25) is 4.79 Å². The van der Waals surface area contributed by atoms with Crippen molar-refractivity contribution in [3.05, 3.63) is 21.7 Å². The van der Waals surface area contributed by atoms with Crippen LogP contribution < -0.4 is 11.0 Å². The molecule has 1 heterocycles. The van der Waals surface area contributed by atoms with Crippen LogP contribution in [0.5, 0.6) is 0 Å². The molecule has 1 fully saturated rings. The van der Waals surface area contributed by atoms with Crippen LogP contribution in [0.25, 0.3) is 0 Å². The van der Waals surface area contributed by atoms with E-state index in [9.17, 15) is 14.7 Å². The van der Waals surface area contributed by atoms with Crippen molar-refractivity contribution in [2.75, 3.05) is 6.26 Å². The lowest BCUT2D eigenvalue weighted by atomic mass is 9.92. The first kappa shape index (κ1) is 15.1. The number of nitrogens with one attached hydrogen (secondary N) is 2. The molecule has 110 valence electrons. The van der Waals surface area contributed by atoms with Crippen LogP contribution in [0.2, 0.25) is 0 Å². The summed E-state index contributed by atoms with van der Waals surface area (Å²) in [5, 5.41) is 13.2. The highest BCUT2D eigenvalue weighted by atomic mass is 32.2. The van der Waals surface area contributed by atoms with Gasteiger partial charge in [0.1, 0.15) is 5.03 Å². The molecule has 0 radical (unpaired) electrons. The van der Waals surface area contributed by atoms with Crippen molar-refractivity contribution in [1.29, 1.82) is 0 Å². The van der Waals surface area contributed by atoms with Gasteiger partial charge < -0.3 is 15.4 Å². The number of carbonyl (C=O) groups is 1. The van der Waals surface area contributed by atoms with Gasteiger partial charge in [-0.05, 0) is 26.0 Å². The molecule has 20 heavy (non-hydrogen) atoms. The number of aromatic amines is 1. The van der Waals surface area contributed by atoms with Crippen molar-refractivity contribution in [3.8, 4) is 0 Å². The molecule has 2 rings (SSSR count). The molecule has 7 heteroatoms. The summed E-state index contributed by atoms with van der Waals surface area (Å²) in [5.41, 5.74) is 0.424. The number of thioether (sulfide) groups is 1. The predicted octanol–water partition coefficient (Wildman–Crippen LogP) is 0.834. The first-order valence-corrected chi connectivity index (χ1v) is 7.89. The van der Waals surface area contributed by atoms with Crippen molar-refractivity contribution >= 4 is 17.7 Å². The number of aliphatic hydroxyl groups excluding tert-OH is 1. The quantitative estimate of drug-likeness (QED) is 0.567. The standard InChI is InChI=1S/C13H19N3O3S/c1-7-10(12(20-2)16-13(19)14-7)11(18)15-8-5-3-4-6-9(8)17/h8-9,17H,3-6H2,1-2H3,(H,15,18)(H,14,16,19)/t8-,9-/m1/s1. The Labute approximate surface area is 121 Å². The molecular formula is C13H19N3O3S. The highest BCUT2D eigenvalue weighted by Crippen LogP contribution is 2.21. The van der Waals surface area contributed by atoms with Crippen molar-refractivity contribution < 1.29 is 9.90 Å². The van der Waals surface area contributed by atoms with Gasteiger partial charge in [-0.25, -0.2) is 4.79 Å². The molecule has 0 aliphatic heterocycles. The summed E-state index contributed by atoms with van der Waals surface area (Å²) in [7, 11) is 0. The van der Waals surface area contributed by atoms with E-state index in [0.717, 1.165) is 19.3 Å². The number of aliphatic hydroxyl groups is 1. The second-order valence-electron chi connectivity index (χ2n) is 4.98. The fourth-order valence-corrected chi connectivity index (χ4v) is 3.12. The molecule has 1 amide bonds. The van der Waals surface area contributed by atoms with Crippen LogP contribution >= 0.6 is 11.8 Å². The van der Waals surface area contributed by atoms with E-state index in [-0.39, 0.29) is 11.9 Å². The average molecular weight is 297 g/mol. The third kappa shape index (κ3) is 3.21. The third-order valence-electron chi connectivity index (χ3n) is 3.55. The van der Waals surface area contributed by atoms with Crippen molar-refractivity contribution in [2.24, 2.45) is 0 Å². The molecule has 0 bridgehead atoms. The number of rotatable bonds is 3. The Morgan fingerprint density at radius 1 is 1.45 bits per heavy atom. The fraction of sp³-hybridized carbons (Fsp3) is 0.615. The molecule has 1 aromatic rings. The number of aryl methyl sites for hydroxylation is 1. The molecule has 0 unspecified atom stereocenters. The van der Waals surface area contributed by atoms with Crippen molar-refractivity contribution in [3.63, 3.8) is 0 Å². The van der Waals surface area contributed by atoms with E-state index in [0.29, 0.717) is 22.7 Å². The summed E-state index contributed by atoms with van der Waals surface area (Å²) in [4.78, 5) is 30.1. The summed E-state index contributed by atoms with van der Waals surface area (Å²) in [5.74, 6) is -0.290. The Morgan fingerprint density at radius 2 is 2.15 bits per heavy atom. The smallest absolute Gasteiger partial charge is 0.346 e. The Morgan fingerprint density at radius 3 is 2.80 bits per heavy atom. The van der Waals surface area contributed by atoms with E-state index < -0.39 is 11.8 Å². The predicted molar refractivity (Wildman–Crippen MR) is 77.1 cm³/mol. The lowest BCUT2D eigenvalue weighted by Crippen LogP contribution is -2.45. The number of nitrogens with zero attached hydrogens (tertiary/aromatic N) is 1. The molecule has 3 N–H and O–H groups in total. The second-order valence-corrected chi connectivity index (χ2v) is 5.78. The lowest BCUT2D eigenvalue weighted by molar-refractivity contribution is 0.0713. The van der Waals surface area contributed by atoms with E-state index in [2.05, 4.69) is 15.3 Å². The SMILES string of the molecule is CSc1nc(=O)[nH]c(C)c1C(=O)N[C@@H]1CCCC[C@H]1O. The van der Waals surface area contributed by atoms with Gasteiger partial charge in [0.2, 0.25) is 0 Å². The highest BCUT2D eigenvalue weighted by molar-refractivity contribution is 7.98. The van der Waals surface area contributed by atoms with Crippen LogP contribution in [0.4, 0.5) is 0 Å². The Hall–Kier alpha value is -1.34. The van der Waals surface area contributed by atoms with Gasteiger partial charge in [-0.15, -0.1) is 11.8 Å². The Balaban J connectivity index is 2.22. The van der Waals surface area contributed by atoms with Gasteiger partial charge in [0.05, 0.1) is 17.7 Å². The molecule has 1 aliphatic carbocycles. The topological polar surface area (TPSA) is 95.1 Å².